The summed E-state index contributed by atoms with van der Waals surface area (Å²) < 4.78 is 41.6. The molecule has 1 saturated carbocycles. The fourth-order valence-corrected chi connectivity index (χ4v) is 3.43. The highest BCUT2D eigenvalue weighted by Gasteiger charge is 2.48. The van der Waals surface area contributed by atoms with Crippen LogP contribution in [0.5, 0.6) is 5.75 Å². The number of carbonyl (C=O) groups excluding carboxylic acids is 1. The van der Waals surface area contributed by atoms with Gasteiger partial charge in [0.25, 0.3) is 0 Å². The van der Waals surface area contributed by atoms with Gasteiger partial charge >= 0.3 is 12.3 Å². The van der Waals surface area contributed by atoms with Crippen molar-refractivity contribution in [3.63, 3.8) is 0 Å². The number of hydrogen-bond acceptors (Lipinski definition) is 3. The number of rotatable bonds is 4. The maximum atomic E-state index is 12.6. The lowest BCUT2D eigenvalue weighted by atomic mass is 9.97. The summed E-state index contributed by atoms with van der Waals surface area (Å²) in [6, 6.07) is 5.84. The van der Waals surface area contributed by atoms with Crippen molar-refractivity contribution < 1.29 is 32.6 Å². The van der Waals surface area contributed by atoms with E-state index in [-0.39, 0.29) is 24.1 Å². The fourth-order valence-electron chi connectivity index (χ4n) is 3.43. The number of carboxylic acids is 1. The fraction of sp³-hybridized carbons (Fsp3) is 0.529. The van der Waals surface area contributed by atoms with Gasteiger partial charge in [0.2, 0.25) is 5.91 Å². The molecule has 3 rings (SSSR count). The van der Waals surface area contributed by atoms with E-state index in [0.717, 1.165) is 0 Å². The molecule has 0 bridgehead atoms. The molecule has 1 aromatic carbocycles. The van der Waals surface area contributed by atoms with Gasteiger partial charge in [0.05, 0.1) is 5.92 Å². The molecule has 1 saturated heterocycles. The van der Waals surface area contributed by atoms with Gasteiger partial charge in [-0.2, -0.15) is 0 Å². The summed E-state index contributed by atoms with van der Waals surface area (Å²) >= 11 is 0. The van der Waals surface area contributed by atoms with Crippen molar-refractivity contribution >= 4 is 11.9 Å². The van der Waals surface area contributed by atoms with Gasteiger partial charge in [0.1, 0.15) is 5.75 Å². The van der Waals surface area contributed by atoms with Crippen LogP contribution in [0.25, 0.3) is 0 Å². The number of carboxylic acid groups (broad SMARTS) is 1. The molecule has 0 aromatic heterocycles. The van der Waals surface area contributed by atoms with Crippen LogP contribution in [-0.2, 0) is 9.59 Å². The Morgan fingerprint density at radius 3 is 2.64 bits per heavy atom. The van der Waals surface area contributed by atoms with E-state index in [0.29, 0.717) is 31.4 Å². The summed E-state index contributed by atoms with van der Waals surface area (Å²) in [5.41, 5.74) is 0.366. The van der Waals surface area contributed by atoms with Gasteiger partial charge in [0.15, 0.2) is 0 Å². The number of alkyl halides is 3. The van der Waals surface area contributed by atoms with Crippen LogP contribution in [0.15, 0.2) is 24.3 Å². The second-order valence-corrected chi connectivity index (χ2v) is 6.50. The summed E-state index contributed by atoms with van der Waals surface area (Å²) in [6.07, 6.45) is -3.18. The molecule has 3 atom stereocenters. The Hall–Kier alpha value is -2.25. The number of amides is 1. The lowest BCUT2D eigenvalue weighted by Gasteiger charge is -2.31. The lowest BCUT2D eigenvalue weighted by Crippen LogP contribution is -2.43. The molecule has 5 nitrogen and oxygen atoms in total. The minimum absolute atomic E-state index is 0.165. The van der Waals surface area contributed by atoms with E-state index in [1.807, 2.05) is 0 Å². The zero-order valence-corrected chi connectivity index (χ0v) is 13.3. The Balaban J connectivity index is 1.68. The number of halogens is 3. The van der Waals surface area contributed by atoms with Gasteiger partial charge in [-0.3, -0.25) is 9.59 Å². The lowest BCUT2D eigenvalue weighted by molar-refractivity contribution is -0.274. The molecule has 2 fully saturated rings. The molecule has 25 heavy (non-hydrogen) atoms. The largest absolute Gasteiger partial charge is 0.573 e. The van der Waals surface area contributed by atoms with Crippen LogP contribution >= 0.6 is 0 Å². The molecule has 1 aliphatic carbocycles. The summed E-state index contributed by atoms with van der Waals surface area (Å²) in [5.74, 6) is -2.69. The first-order valence-corrected chi connectivity index (χ1v) is 8.12. The van der Waals surface area contributed by atoms with E-state index >= 15 is 0 Å². The average Bonchev–Trinajstić information content (AvgIpc) is 3.33. The highest BCUT2D eigenvalue weighted by atomic mass is 19.4. The van der Waals surface area contributed by atoms with Crippen LogP contribution < -0.4 is 4.74 Å². The Bertz CT molecular complexity index is 676. The van der Waals surface area contributed by atoms with E-state index in [1.54, 1.807) is 6.07 Å². The van der Waals surface area contributed by atoms with Gasteiger partial charge in [-0.1, -0.05) is 18.2 Å². The third-order valence-electron chi connectivity index (χ3n) is 4.73. The number of benzene rings is 1. The highest BCUT2D eigenvalue weighted by Crippen LogP contribution is 2.52. The molecule has 1 aliphatic heterocycles. The first-order chi connectivity index (χ1) is 11.8. The molecule has 136 valence electrons. The van der Waals surface area contributed by atoms with Crippen LogP contribution in [0, 0.1) is 11.8 Å². The first-order valence-electron chi connectivity index (χ1n) is 8.12. The van der Waals surface area contributed by atoms with Crippen molar-refractivity contribution in [1.29, 1.82) is 0 Å². The Labute approximate surface area is 142 Å². The van der Waals surface area contributed by atoms with Crippen LogP contribution in [0.4, 0.5) is 13.2 Å². The zero-order chi connectivity index (χ0) is 18.2. The molecule has 0 radical (unpaired) electrons. The predicted molar refractivity (Wildman–Crippen MR) is 80.9 cm³/mol. The van der Waals surface area contributed by atoms with Crippen molar-refractivity contribution in [3.05, 3.63) is 29.8 Å². The number of hydrogen-bond donors (Lipinski definition) is 1. The summed E-state index contributed by atoms with van der Waals surface area (Å²) in [7, 11) is 0. The SMILES string of the molecule is O=C(O)[C@@H]1CCCN(C(=O)[C@@H]2C[C@H]2c2ccccc2OC(F)(F)F)C1. The maximum Gasteiger partial charge on any atom is 0.573 e. The molecular weight excluding hydrogens is 339 g/mol. The molecule has 1 heterocycles. The standard InChI is InChI=1S/C17H18F3NO4/c18-17(19,20)25-14-6-2-1-5-11(14)12-8-13(12)15(22)21-7-3-4-10(9-21)16(23)24/h1-2,5-6,10,12-13H,3-4,7-9H2,(H,23,24)/t10-,12+,13-/m1/s1. The monoisotopic (exact) mass is 357 g/mol. The van der Waals surface area contributed by atoms with E-state index in [2.05, 4.69) is 4.74 Å². The molecular formula is C17H18F3NO4. The van der Waals surface area contributed by atoms with E-state index in [4.69, 9.17) is 5.11 Å². The van der Waals surface area contributed by atoms with Gasteiger partial charge < -0.3 is 14.7 Å². The second kappa shape index (κ2) is 6.57. The van der Waals surface area contributed by atoms with Crippen molar-refractivity contribution in [2.45, 2.75) is 31.5 Å². The maximum absolute atomic E-state index is 12.6. The average molecular weight is 357 g/mol. The highest BCUT2D eigenvalue weighted by molar-refractivity contribution is 5.84. The molecule has 1 N–H and O–H groups in total. The van der Waals surface area contributed by atoms with Gasteiger partial charge in [0, 0.05) is 19.0 Å². The first kappa shape index (κ1) is 17.6. The van der Waals surface area contributed by atoms with Crippen molar-refractivity contribution in [2.24, 2.45) is 11.8 Å². The minimum atomic E-state index is -4.79. The smallest absolute Gasteiger partial charge is 0.481 e. The zero-order valence-electron chi connectivity index (χ0n) is 13.3. The molecule has 0 unspecified atom stereocenters. The molecule has 2 aliphatic rings. The summed E-state index contributed by atoms with van der Waals surface area (Å²) in [6.45, 7) is 0.657. The van der Waals surface area contributed by atoms with Gasteiger partial charge in [-0.25, -0.2) is 0 Å². The van der Waals surface area contributed by atoms with E-state index in [9.17, 15) is 22.8 Å². The number of likely N-dealkylation sites (tertiary alicyclic amines) is 1. The molecule has 0 spiro atoms. The predicted octanol–water partition coefficient (Wildman–Crippen LogP) is 3.01. The van der Waals surface area contributed by atoms with Crippen molar-refractivity contribution in [1.82, 2.24) is 4.90 Å². The number of ether oxygens (including phenoxy) is 1. The third-order valence-corrected chi connectivity index (χ3v) is 4.73. The van der Waals surface area contributed by atoms with Crippen molar-refractivity contribution in [2.75, 3.05) is 13.1 Å². The number of carbonyl (C=O) groups is 2. The number of aliphatic carboxylic acids is 1. The number of nitrogens with zero attached hydrogens (tertiary/aromatic N) is 1. The van der Waals surface area contributed by atoms with E-state index < -0.39 is 24.2 Å². The Kier molecular flexibility index (Phi) is 4.62. The van der Waals surface area contributed by atoms with Crippen LogP contribution in [0.1, 0.15) is 30.7 Å². The third kappa shape index (κ3) is 4.05. The molecule has 1 aromatic rings. The van der Waals surface area contributed by atoms with Gasteiger partial charge in [-0.15, -0.1) is 13.2 Å². The minimum Gasteiger partial charge on any atom is -0.481 e. The Morgan fingerprint density at radius 2 is 1.96 bits per heavy atom. The van der Waals surface area contributed by atoms with E-state index in [1.165, 1.54) is 23.1 Å². The molecule has 1 amide bonds. The normalized spacial score (nSPS) is 26.2. The van der Waals surface area contributed by atoms with Crippen molar-refractivity contribution in [3.8, 4) is 5.75 Å². The van der Waals surface area contributed by atoms with Crippen LogP contribution in [-0.4, -0.2) is 41.3 Å². The number of piperidine rings is 1. The molecule has 8 heteroatoms. The summed E-state index contributed by atoms with van der Waals surface area (Å²) in [4.78, 5) is 25.2. The van der Waals surface area contributed by atoms with Crippen LogP contribution in [0.2, 0.25) is 0 Å². The Morgan fingerprint density at radius 1 is 1.24 bits per heavy atom. The second-order valence-electron chi connectivity index (χ2n) is 6.50. The van der Waals surface area contributed by atoms with Crippen LogP contribution in [0.3, 0.4) is 0 Å². The topological polar surface area (TPSA) is 66.8 Å². The number of para-hydroxylation sites is 1. The quantitative estimate of drug-likeness (QED) is 0.900. The summed E-state index contributed by atoms with van der Waals surface area (Å²) in [5, 5.41) is 9.11. The van der Waals surface area contributed by atoms with Gasteiger partial charge in [-0.05, 0) is 36.8 Å².